The quantitative estimate of drug-likeness (QED) is 0.431. The lowest BCUT2D eigenvalue weighted by Gasteiger charge is -2.36. The van der Waals surface area contributed by atoms with Crippen LogP contribution in [0.4, 0.5) is 10.1 Å². The lowest BCUT2D eigenvalue weighted by Crippen LogP contribution is -2.46. The number of piperazine rings is 1. The monoisotopic (exact) mass is 434 g/mol. The summed E-state index contributed by atoms with van der Waals surface area (Å²) in [6.07, 6.45) is 0. The first kappa shape index (κ1) is 20.0. The topological polar surface area (TPSA) is 24.3 Å². The van der Waals surface area contributed by atoms with Gasteiger partial charge in [-0.15, -0.1) is 0 Å². The van der Waals surface area contributed by atoms with Crippen LogP contribution >= 0.6 is 11.6 Å². The lowest BCUT2D eigenvalue weighted by molar-refractivity contribution is 0.241. The third-order valence-corrected chi connectivity index (χ3v) is 6.32. The van der Waals surface area contributed by atoms with E-state index in [0.717, 1.165) is 65.9 Å². The Morgan fingerprint density at radius 1 is 0.806 bits per heavy atom. The number of imidazole rings is 1. The SMILES string of the molecule is Fc1ccc(N2CCN(Cc3nc4ccccc4n3Cc3ccccc3Cl)CC2)cc1. The first-order chi connectivity index (χ1) is 15.2. The van der Waals surface area contributed by atoms with Crippen molar-refractivity contribution in [1.82, 2.24) is 14.5 Å². The number of para-hydroxylation sites is 2. The number of halogens is 2. The summed E-state index contributed by atoms with van der Waals surface area (Å²) in [6, 6.07) is 23.0. The van der Waals surface area contributed by atoms with E-state index < -0.39 is 0 Å². The van der Waals surface area contributed by atoms with Crippen LogP contribution in [0, 0.1) is 5.82 Å². The van der Waals surface area contributed by atoms with Gasteiger partial charge in [-0.1, -0.05) is 41.9 Å². The third-order valence-electron chi connectivity index (χ3n) is 5.95. The summed E-state index contributed by atoms with van der Waals surface area (Å²) in [5.41, 5.74) is 4.30. The summed E-state index contributed by atoms with van der Waals surface area (Å²) in [4.78, 5) is 9.69. The molecule has 0 radical (unpaired) electrons. The highest BCUT2D eigenvalue weighted by Crippen LogP contribution is 2.23. The molecule has 1 aliphatic rings. The van der Waals surface area contributed by atoms with Gasteiger partial charge >= 0.3 is 0 Å². The average molecular weight is 435 g/mol. The largest absolute Gasteiger partial charge is 0.369 e. The number of rotatable bonds is 5. The molecule has 0 saturated carbocycles. The molecule has 6 heteroatoms. The maximum absolute atomic E-state index is 13.2. The predicted molar refractivity (Wildman–Crippen MR) is 124 cm³/mol. The number of anilines is 1. The van der Waals surface area contributed by atoms with Crippen LogP contribution in [-0.2, 0) is 13.1 Å². The Labute approximate surface area is 186 Å². The summed E-state index contributed by atoms with van der Waals surface area (Å²) < 4.78 is 15.5. The van der Waals surface area contributed by atoms with Gasteiger partial charge in [-0.25, -0.2) is 9.37 Å². The van der Waals surface area contributed by atoms with Crippen LogP contribution in [0.1, 0.15) is 11.4 Å². The number of aromatic nitrogens is 2. The molecular weight excluding hydrogens is 411 g/mol. The van der Waals surface area contributed by atoms with Crippen molar-refractivity contribution in [3.63, 3.8) is 0 Å². The van der Waals surface area contributed by atoms with Crippen molar-refractivity contribution < 1.29 is 4.39 Å². The molecule has 2 heterocycles. The molecule has 1 fully saturated rings. The van der Waals surface area contributed by atoms with Crippen molar-refractivity contribution in [1.29, 1.82) is 0 Å². The Hall–Kier alpha value is -2.89. The van der Waals surface area contributed by atoms with Crippen LogP contribution < -0.4 is 4.90 Å². The standard InChI is InChI=1S/C25H24ClFN4/c26-22-6-2-1-5-19(22)17-31-24-8-4-3-7-23(24)28-25(31)18-29-13-15-30(16-14-29)21-11-9-20(27)10-12-21/h1-12H,13-18H2. The van der Waals surface area contributed by atoms with Gasteiger partial charge < -0.3 is 9.47 Å². The van der Waals surface area contributed by atoms with Crippen molar-refractivity contribution in [2.45, 2.75) is 13.1 Å². The summed E-state index contributed by atoms with van der Waals surface area (Å²) in [5, 5.41) is 0.777. The van der Waals surface area contributed by atoms with E-state index in [0.29, 0.717) is 6.54 Å². The van der Waals surface area contributed by atoms with Gasteiger partial charge in [-0.2, -0.15) is 0 Å². The molecule has 4 nitrogen and oxygen atoms in total. The van der Waals surface area contributed by atoms with Crippen LogP contribution in [0.3, 0.4) is 0 Å². The fraction of sp³-hybridized carbons (Fsp3) is 0.240. The van der Waals surface area contributed by atoms with Gasteiger partial charge in [0.1, 0.15) is 11.6 Å². The van der Waals surface area contributed by atoms with Crippen LogP contribution in [0.5, 0.6) is 0 Å². The molecule has 31 heavy (non-hydrogen) atoms. The van der Waals surface area contributed by atoms with E-state index in [9.17, 15) is 4.39 Å². The van der Waals surface area contributed by atoms with Gasteiger partial charge in [0.05, 0.1) is 24.1 Å². The van der Waals surface area contributed by atoms with Crippen molar-refractivity contribution in [3.8, 4) is 0 Å². The second-order valence-corrected chi connectivity index (χ2v) is 8.34. The highest BCUT2D eigenvalue weighted by molar-refractivity contribution is 6.31. The van der Waals surface area contributed by atoms with E-state index in [2.05, 4.69) is 38.6 Å². The van der Waals surface area contributed by atoms with E-state index in [1.165, 1.54) is 12.1 Å². The van der Waals surface area contributed by atoms with Crippen molar-refractivity contribution in [2.75, 3.05) is 31.1 Å². The molecule has 5 rings (SSSR count). The van der Waals surface area contributed by atoms with Crippen LogP contribution in [0.2, 0.25) is 5.02 Å². The highest BCUT2D eigenvalue weighted by Gasteiger charge is 2.20. The van der Waals surface area contributed by atoms with Crippen molar-refractivity contribution in [3.05, 3.63) is 95.0 Å². The number of fused-ring (bicyclic) bond motifs is 1. The van der Waals surface area contributed by atoms with Gasteiger partial charge in [0.15, 0.2) is 0 Å². The minimum Gasteiger partial charge on any atom is -0.369 e. The molecule has 1 aromatic heterocycles. The number of nitrogens with zero attached hydrogens (tertiary/aromatic N) is 4. The smallest absolute Gasteiger partial charge is 0.124 e. The number of benzene rings is 3. The summed E-state index contributed by atoms with van der Waals surface area (Å²) in [6.45, 7) is 5.19. The van der Waals surface area contributed by atoms with Crippen LogP contribution in [-0.4, -0.2) is 40.6 Å². The molecule has 0 aliphatic carbocycles. The molecule has 0 N–H and O–H groups in total. The first-order valence-corrected chi connectivity index (χ1v) is 11.0. The minimum atomic E-state index is -0.195. The fourth-order valence-electron chi connectivity index (χ4n) is 4.24. The molecule has 0 unspecified atom stereocenters. The first-order valence-electron chi connectivity index (χ1n) is 10.6. The van der Waals surface area contributed by atoms with Gasteiger partial charge in [0, 0.05) is 36.9 Å². The Morgan fingerprint density at radius 3 is 2.29 bits per heavy atom. The van der Waals surface area contributed by atoms with E-state index in [1.54, 1.807) is 0 Å². The van der Waals surface area contributed by atoms with E-state index in [1.807, 2.05) is 36.4 Å². The molecule has 0 amide bonds. The van der Waals surface area contributed by atoms with Crippen molar-refractivity contribution in [2.24, 2.45) is 0 Å². The van der Waals surface area contributed by atoms with Gasteiger partial charge in [0.25, 0.3) is 0 Å². The molecule has 1 saturated heterocycles. The van der Waals surface area contributed by atoms with Gasteiger partial charge in [-0.05, 0) is 48.0 Å². The Bertz CT molecular complexity index is 1180. The lowest BCUT2D eigenvalue weighted by atomic mass is 10.2. The van der Waals surface area contributed by atoms with Gasteiger partial charge in [0.2, 0.25) is 0 Å². The number of hydrogen-bond donors (Lipinski definition) is 0. The molecule has 0 spiro atoms. The molecule has 3 aromatic carbocycles. The zero-order valence-corrected chi connectivity index (χ0v) is 18.0. The van der Waals surface area contributed by atoms with Gasteiger partial charge in [-0.3, -0.25) is 4.90 Å². The van der Waals surface area contributed by atoms with Crippen LogP contribution in [0.15, 0.2) is 72.8 Å². The zero-order chi connectivity index (χ0) is 21.2. The second-order valence-electron chi connectivity index (χ2n) is 7.93. The van der Waals surface area contributed by atoms with Crippen molar-refractivity contribution >= 4 is 28.3 Å². The Balaban J connectivity index is 1.35. The minimum absolute atomic E-state index is 0.195. The summed E-state index contributed by atoms with van der Waals surface area (Å²) >= 11 is 6.45. The number of hydrogen-bond acceptors (Lipinski definition) is 3. The second kappa shape index (κ2) is 8.69. The third kappa shape index (κ3) is 4.29. The predicted octanol–water partition coefficient (Wildman–Crippen LogP) is 5.20. The normalized spacial score (nSPS) is 15.0. The molecule has 158 valence electrons. The summed E-state index contributed by atoms with van der Waals surface area (Å²) in [7, 11) is 0. The van der Waals surface area contributed by atoms with E-state index >= 15 is 0 Å². The molecule has 4 aromatic rings. The average Bonchev–Trinajstić information content (AvgIpc) is 3.13. The van der Waals surface area contributed by atoms with Crippen LogP contribution in [0.25, 0.3) is 11.0 Å². The maximum atomic E-state index is 13.2. The fourth-order valence-corrected chi connectivity index (χ4v) is 4.43. The molecule has 1 aliphatic heterocycles. The molecule has 0 atom stereocenters. The Morgan fingerprint density at radius 2 is 1.52 bits per heavy atom. The maximum Gasteiger partial charge on any atom is 0.124 e. The van der Waals surface area contributed by atoms with E-state index in [4.69, 9.17) is 16.6 Å². The highest BCUT2D eigenvalue weighted by atomic mass is 35.5. The molecule has 0 bridgehead atoms. The summed E-state index contributed by atoms with van der Waals surface area (Å²) in [5.74, 6) is 0.858. The van der Waals surface area contributed by atoms with E-state index in [-0.39, 0.29) is 5.82 Å². The zero-order valence-electron chi connectivity index (χ0n) is 17.2. The Kier molecular flexibility index (Phi) is 5.62. The molecular formula is C25H24ClFN4.